The Morgan fingerprint density at radius 3 is 2.64 bits per heavy atom. The van der Waals surface area contributed by atoms with Gasteiger partial charge in [0.15, 0.2) is 0 Å². The molecule has 0 radical (unpaired) electrons. The molecule has 1 aliphatic heterocycles. The average Bonchev–Trinajstić information content (AvgIpc) is 2.64. The molecule has 2 aliphatic carbocycles. The highest BCUT2D eigenvalue weighted by atomic mass is 16.6. The van der Waals surface area contributed by atoms with Crippen molar-refractivity contribution in [2.45, 2.75) is 45.6 Å². The zero-order valence-corrected chi connectivity index (χ0v) is 12.7. The fraction of sp³-hybridized carbons (Fsp3) is 0.688. The molecule has 3 rings (SSSR count). The quantitative estimate of drug-likeness (QED) is 0.771. The molecule has 5 atom stereocenters. The van der Waals surface area contributed by atoms with E-state index in [2.05, 4.69) is 0 Å². The van der Waals surface area contributed by atoms with Crippen molar-refractivity contribution in [1.82, 2.24) is 0 Å². The first-order valence-corrected chi connectivity index (χ1v) is 7.57. The van der Waals surface area contributed by atoms with Crippen LogP contribution in [0.3, 0.4) is 0 Å². The Morgan fingerprint density at radius 2 is 2.05 bits per heavy atom. The molecule has 1 heterocycles. The minimum absolute atomic E-state index is 0.176. The van der Waals surface area contributed by atoms with Gasteiger partial charge in [-0.3, -0.25) is 9.59 Å². The molecule has 0 aromatic rings. The summed E-state index contributed by atoms with van der Waals surface area (Å²) >= 11 is 0. The van der Waals surface area contributed by atoms with Crippen LogP contribution >= 0.6 is 0 Å². The summed E-state index contributed by atoms with van der Waals surface area (Å²) in [5.41, 5.74) is -0.865. The lowest BCUT2D eigenvalue weighted by Crippen LogP contribution is -2.57. The van der Waals surface area contributed by atoms with Crippen LogP contribution in [0.25, 0.3) is 0 Å². The van der Waals surface area contributed by atoms with Crippen LogP contribution in [0, 0.1) is 22.7 Å². The highest BCUT2D eigenvalue weighted by Crippen LogP contribution is 2.64. The SMILES string of the molecule is C[C@@]1(CC(=O)O)[C@@H](C(=O)O)C[C@H]2OC(=O)C3=CCC[C@@H]1[C@]32C. The minimum atomic E-state index is -1.01. The van der Waals surface area contributed by atoms with E-state index in [0.29, 0.717) is 18.4 Å². The van der Waals surface area contributed by atoms with Gasteiger partial charge in [-0.15, -0.1) is 0 Å². The van der Waals surface area contributed by atoms with Crippen LogP contribution in [0.1, 0.15) is 39.5 Å². The van der Waals surface area contributed by atoms with E-state index in [0.717, 1.165) is 0 Å². The Kier molecular flexibility index (Phi) is 3.13. The van der Waals surface area contributed by atoms with Gasteiger partial charge in [-0.2, -0.15) is 0 Å². The van der Waals surface area contributed by atoms with Crippen LogP contribution in [-0.4, -0.2) is 34.2 Å². The molecular formula is C16H20O6. The minimum Gasteiger partial charge on any atom is -0.481 e. The molecular weight excluding hydrogens is 288 g/mol. The third-order valence-electron chi connectivity index (χ3n) is 6.12. The summed E-state index contributed by atoms with van der Waals surface area (Å²) < 4.78 is 5.44. The van der Waals surface area contributed by atoms with Crippen molar-refractivity contribution >= 4 is 17.9 Å². The number of rotatable bonds is 3. The average molecular weight is 308 g/mol. The first-order chi connectivity index (χ1) is 10.2. The molecule has 0 unspecified atom stereocenters. The van der Waals surface area contributed by atoms with Crippen LogP contribution in [0.2, 0.25) is 0 Å². The molecule has 0 aromatic carbocycles. The van der Waals surface area contributed by atoms with E-state index in [-0.39, 0.29) is 24.7 Å². The van der Waals surface area contributed by atoms with Crippen LogP contribution in [0.5, 0.6) is 0 Å². The van der Waals surface area contributed by atoms with Gasteiger partial charge in [-0.05, 0) is 30.6 Å². The molecule has 0 spiro atoms. The van der Waals surface area contributed by atoms with E-state index in [1.165, 1.54) is 0 Å². The van der Waals surface area contributed by atoms with Crippen LogP contribution in [0.15, 0.2) is 11.6 Å². The number of ether oxygens (including phenoxy) is 1. The normalized spacial score (nSPS) is 43.1. The summed E-state index contributed by atoms with van der Waals surface area (Å²) in [5.74, 6) is -3.40. The largest absolute Gasteiger partial charge is 0.481 e. The lowest BCUT2D eigenvalue weighted by Gasteiger charge is -2.55. The van der Waals surface area contributed by atoms with Crippen molar-refractivity contribution in [3.8, 4) is 0 Å². The molecule has 120 valence electrons. The summed E-state index contributed by atoms with van der Waals surface area (Å²) in [6.07, 6.45) is 2.70. The highest BCUT2D eigenvalue weighted by Gasteiger charge is 2.66. The number of carboxylic acids is 2. The van der Waals surface area contributed by atoms with Gasteiger partial charge in [0.25, 0.3) is 0 Å². The van der Waals surface area contributed by atoms with Gasteiger partial charge in [-0.25, -0.2) is 4.79 Å². The summed E-state index contributed by atoms with van der Waals surface area (Å²) in [4.78, 5) is 35.2. The topological polar surface area (TPSA) is 101 Å². The van der Waals surface area contributed by atoms with E-state index in [1.54, 1.807) is 6.92 Å². The zero-order valence-electron chi connectivity index (χ0n) is 12.7. The number of carbonyl (C=O) groups is 3. The van der Waals surface area contributed by atoms with Gasteiger partial charge in [0, 0.05) is 11.0 Å². The fourth-order valence-corrected chi connectivity index (χ4v) is 5.11. The number of aliphatic carboxylic acids is 2. The van der Waals surface area contributed by atoms with E-state index in [9.17, 15) is 24.6 Å². The molecule has 0 aromatic heterocycles. The Morgan fingerprint density at radius 1 is 1.36 bits per heavy atom. The molecule has 2 fully saturated rings. The van der Waals surface area contributed by atoms with Crippen molar-refractivity contribution in [2.24, 2.45) is 22.7 Å². The third kappa shape index (κ3) is 1.76. The van der Waals surface area contributed by atoms with Crippen LogP contribution < -0.4 is 0 Å². The molecule has 2 N–H and O–H groups in total. The number of allylic oxidation sites excluding steroid dienone is 1. The summed E-state index contributed by atoms with van der Waals surface area (Å²) in [6, 6.07) is 0. The van der Waals surface area contributed by atoms with Crippen molar-refractivity contribution in [1.29, 1.82) is 0 Å². The summed E-state index contributed by atoms with van der Waals surface area (Å²) in [7, 11) is 0. The van der Waals surface area contributed by atoms with Crippen LogP contribution in [0.4, 0.5) is 0 Å². The predicted molar refractivity (Wildman–Crippen MR) is 74.9 cm³/mol. The van der Waals surface area contributed by atoms with Gasteiger partial charge in [0.05, 0.1) is 12.3 Å². The Balaban J connectivity index is 2.13. The molecule has 3 aliphatic rings. The van der Waals surface area contributed by atoms with Gasteiger partial charge < -0.3 is 14.9 Å². The second-order valence-electron chi connectivity index (χ2n) is 7.13. The number of hydrogen-bond acceptors (Lipinski definition) is 4. The predicted octanol–water partition coefficient (Wildman–Crippen LogP) is 1.84. The highest BCUT2D eigenvalue weighted by molar-refractivity contribution is 5.93. The van der Waals surface area contributed by atoms with Gasteiger partial charge in [0.1, 0.15) is 6.10 Å². The summed E-state index contributed by atoms with van der Waals surface area (Å²) in [6.45, 7) is 3.67. The number of carboxylic acid groups (broad SMARTS) is 2. The standard InChI is InChI=1S/C16H20O6/c1-15(7-12(17)18)9(13(19)20)6-11-16(2)8(14(21)22-11)4-3-5-10(15)16/h4,9-11H,3,5-7H2,1-2H3,(H,17,18)(H,19,20)/t9-,10+,11-,15-,16+/m1/s1. The Bertz CT molecular complexity index is 593. The maximum absolute atomic E-state index is 12.1. The molecule has 6 heteroatoms. The second kappa shape index (κ2) is 4.57. The van der Waals surface area contributed by atoms with E-state index in [1.807, 2.05) is 13.0 Å². The summed E-state index contributed by atoms with van der Waals surface area (Å²) in [5, 5.41) is 18.9. The van der Waals surface area contributed by atoms with Crippen LogP contribution in [-0.2, 0) is 19.1 Å². The first-order valence-electron chi connectivity index (χ1n) is 7.57. The van der Waals surface area contributed by atoms with Crippen molar-refractivity contribution in [2.75, 3.05) is 0 Å². The monoisotopic (exact) mass is 308 g/mol. The lowest BCUT2D eigenvalue weighted by atomic mass is 9.46. The third-order valence-corrected chi connectivity index (χ3v) is 6.12. The smallest absolute Gasteiger partial charge is 0.334 e. The molecule has 0 bridgehead atoms. The second-order valence-corrected chi connectivity index (χ2v) is 7.13. The number of hydrogen-bond donors (Lipinski definition) is 2. The van der Waals surface area contributed by atoms with E-state index in [4.69, 9.17) is 4.74 Å². The lowest BCUT2D eigenvalue weighted by molar-refractivity contribution is -0.173. The Labute approximate surface area is 128 Å². The van der Waals surface area contributed by atoms with Crippen molar-refractivity contribution < 1.29 is 29.3 Å². The molecule has 1 saturated heterocycles. The van der Waals surface area contributed by atoms with Gasteiger partial charge in [0.2, 0.25) is 0 Å². The fourth-order valence-electron chi connectivity index (χ4n) is 5.11. The maximum Gasteiger partial charge on any atom is 0.334 e. The number of carbonyl (C=O) groups excluding carboxylic acids is 1. The van der Waals surface area contributed by atoms with Gasteiger partial charge >= 0.3 is 17.9 Å². The zero-order chi connectivity index (χ0) is 16.3. The molecule has 0 amide bonds. The molecule has 22 heavy (non-hydrogen) atoms. The van der Waals surface area contributed by atoms with Crippen molar-refractivity contribution in [3.63, 3.8) is 0 Å². The number of esters is 1. The van der Waals surface area contributed by atoms with Crippen molar-refractivity contribution in [3.05, 3.63) is 11.6 Å². The first kappa shape index (κ1) is 15.1. The molecule has 6 nitrogen and oxygen atoms in total. The van der Waals surface area contributed by atoms with Gasteiger partial charge in [-0.1, -0.05) is 19.9 Å². The maximum atomic E-state index is 12.1. The Hall–Kier alpha value is -1.85. The molecule has 1 saturated carbocycles. The van der Waals surface area contributed by atoms with E-state index < -0.39 is 34.8 Å². The van der Waals surface area contributed by atoms with E-state index >= 15 is 0 Å².